The van der Waals surface area contributed by atoms with Crippen molar-refractivity contribution >= 4 is 17.5 Å². The number of hydrogen-bond donors (Lipinski definition) is 2. The number of rotatable bonds is 8. The van der Waals surface area contributed by atoms with Crippen molar-refractivity contribution in [1.29, 1.82) is 0 Å². The minimum absolute atomic E-state index is 0.0244. The standard InChI is InChI=1S/C20H23N3O4/c1-13(15-4-3-5-17(10-15)26-2)22-18(24)12-27-19-9-8-16(11-21-19)23-20(25)14-6-7-14/h3-5,8-11,13-14H,6-7,12H2,1-2H3,(H,22,24)(H,23,25)/t13-/m1/s1. The number of methoxy groups -OCH3 is 1. The third-order valence-corrected chi connectivity index (χ3v) is 4.27. The summed E-state index contributed by atoms with van der Waals surface area (Å²) in [6, 6.07) is 10.7. The molecule has 1 aromatic heterocycles. The van der Waals surface area contributed by atoms with Crippen LogP contribution in [0.1, 0.15) is 31.4 Å². The van der Waals surface area contributed by atoms with Gasteiger partial charge in [0.15, 0.2) is 6.61 Å². The average Bonchev–Trinajstić information content (AvgIpc) is 3.53. The van der Waals surface area contributed by atoms with Crippen LogP contribution in [0.25, 0.3) is 0 Å². The lowest BCUT2D eigenvalue weighted by atomic mass is 10.1. The lowest BCUT2D eigenvalue weighted by Gasteiger charge is -2.15. The van der Waals surface area contributed by atoms with Crippen molar-refractivity contribution in [3.05, 3.63) is 48.2 Å². The molecule has 1 atom stereocenters. The Labute approximate surface area is 158 Å². The van der Waals surface area contributed by atoms with Crippen molar-refractivity contribution in [2.45, 2.75) is 25.8 Å². The van der Waals surface area contributed by atoms with Gasteiger partial charge in [0.2, 0.25) is 11.8 Å². The minimum atomic E-state index is -0.252. The summed E-state index contributed by atoms with van der Waals surface area (Å²) in [6.45, 7) is 1.75. The minimum Gasteiger partial charge on any atom is -0.497 e. The van der Waals surface area contributed by atoms with Gasteiger partial charge >= 0.3 is 0 Å². The van der Waals surface area contributed by atoms with Gasteiger partial charge in [-0.2, -0.15) is 0 Å². The van der Waals surface area contributed by atoms with E-state index in [1.807, 2.05) is 31.2 Å². The molecule has 1 aromatic carbocycles. The molecule has 0 unspecified atom stereocenters. The van der Waals surface area contributed by atoms with Gasteiger partial charge in [0, 0.05) is 12.0 Å². The number of ether oxygens (including phenoxy) is 2. The van der Waals surface area contributed by atoms with Crippen LogP contribution < -0.4 is 20.1 Å². The molecule has 1 saturated carbocycles. The molecule has 2 N–H and O–H groups in total. The zero-order valence-electron chi connectivity index (χ0n) is 15.4. The zero-order chi connectivity index (χ0) is 19.2. The number of nitrogens with zero attached hydrogens (tertiary/aromatic N) is 1. The van der Waals surface area contributed by atoms with Gasteiger partial charge in [0.05, 0.1) is 25.0 Å². The van der Waals surface area contributed by atoms with E-state index in [9.17, 15) is 9.59 Å². The van der Waals surface area contributed by atoms with Crippen molar-refractivity contribution in [2.75, 3.05) is 19.0 Å². The number of carbonyl (C=O) groups is 2. The first kappa shape index (κ1) is 18.7. The molecule has 1 heterocycles. The van der Waals surface area contributed by atoms with E-state index in [0.717, 1.165) is 24.2 Å². The third kappa shape index (κ3) is 5.44. The van der Waals surface area contributed by atoms with Crippen molar-refractivity contribution in [1.82, 2.24) is 10.3 Å². The highest BCUT2D eigenvalue weighted by Gasteiger charge is 2.29. The fourth-order valence-corrected chi connectivity index (χ4v) is 2.55. The molecule has 1 aliphatic rings. The molecule has 3 rings (SSSR count). The van der Waals surface area contributed by atoms with Gasteiger partial charge in [-0.1, -0.05) is 12.1 Å². The molecule has 0 aliphatic heterocycles. The second-order valence-corrected chi connectivity index (χ2v) is 6.50. The number of benzene rings is 1. The van der Waals surface area contributed by atoms with E-state index in [0.29, 0.717) is 11.6 Å². The monoisotopic (exact) mass is 369 g/mol. The molecule has 0 radical (unpaired) electrons. The van der Waals surface area contributed by atoms with Gasteiger partial charge in [-0.25, -0.2) is 4.98 Å². The van der Waals surface area contributed by atoms with Crippen LogP contribution in [-0.4, -0.2) is 30.5 Å². The highest BCUT2D eigenvalue weighted by Crippen LogP contribution is 2.30. The molecule has 1 aliphatic carbocycles. The zero-order valence-corrected chi connectivity index (χ0v) is 15.4. The van der Waals surface area contributed by atoms with Gasteiger partial charge in [-0.05, 0) is 43.5 Å². The molecular formula is C20H23N3O4. The quantitative estimate of drug-likeness (QED) is 0.747. The molecule has 0 spiro atoms. The number of amides is 2. The lowest BCUT2D eigenvalue weighted by Crippen LogP contribution is -2.31. The summed E-state index contributed by atoms with van der Waals surface area (Å²) in [5.74, 6) is 0.970. The van der Waals surface area contributed by atoms with Crippen molar-refractivity contribution in [3.63, 3.8) is 0 Å². The van der Waals surface area contributed by atoms with Crippen LogP contribution in [0.5, 0.6) is 11.6 Å². The number of pyridine rings is 1. The maximum absolute atomic E-state index is 12.1. The predicted molar refractivity (Wildman–Crippen MR) is 101 cm³/mol. The Morgan fingerprint density at radius 1 is 1.26 bits per heavy atom. The van der Waals surface area contributed by atoms with Crippen LogP contribution in [0.15, 0.2) is 42.6 Å². The predicted octanol–water partition coefficient (Wildman–Crippen LogP) is 2.69. The van der Waals surface area contributed by atoms with E-state index in [4.69, 9.17) is 9.47 Å². The van der Waals surface area contributed by atoms with Crippen LogP contribution in [-0.2, 0) is 9.59 Å². The van der Waals surface area contributed by atoms with E-state index in [2.05, 4.69) is 15.6 Å². The lowest BCUT2D eigenvalue weighted by molar-refractivity contribution is -0.123. The molecule has 7 heteroatoms. The molecule has 1 fully saturated rings. The first-order valence-corrected chi connectivity index (χ1v) is 8.88. The number of hydrogen-bond acceptors (Lipinski definition) is 5. The van der Waals surface area contributed by atoms with Gasteiger partial charge in [0.25, 0.3) is 5.91 Å². The Bertz CT molecular complexity index is 803. The molecule has 0 bridgehead atoms. The number of carbonyl (C=O) groups excluding carboxylic acids is 2. The second-order valence-electron chi connectivity index (χ2n) is 6.50. The van der Waals surface area contributed by atoms with E-state index < -0.39 is 0 Å². The smallest absolute Gasteiger partial charge is 0.258 e. The van der Waals surface area contributed by atoms with Crippen LogP contribution >= 0.6 is 0 Å². The fourth-order valence-electron chi connectivity index (χ4n) is 2.55. The third-order valence-electron chi connectivity index (χ3n) is 4.27. The van der Waals surface area contributed by atoms with E-state index >= 15 is 0 Å². The number of aromatic nitrogens is 1. The van der Waals surface area contributed by atoms with Crippen LogP contribution in [0.4, 0.5) is 5.69 Å². The van der Waals surface area contributed by atoms with Gasteiger partial charge in [-0.3, -0.25) is 9.59 Å². The molecular weight excluding hydrogens is 346 g/mol. The Morgan fingerprint density at radius 3 is 2.74 bits per heavy atom. The molecule has 0 saturated heterocycles. The van der Waals surface area contributed by atoms with Crippen LogP contribution in [0.2, 0.25) is 0 Å². The number of anilines is 1. The van der Waals surface area contributed by atoms with Gasteiger partial charge in [0.1, 0.15) is 5.75 Å². The SMILES string of the molecule is COc1cccc([C@@H](C)NC(=O)COc2ccc(NC(=O)C3CC3)cn2)c1. The summed E-state index contributed by atoms with van der Waals surface area (Å²) in [4.78, 5) is 27.9. The molecule has 142 valence electrons. The normalized spacial score (nSPS) is 14.1. The molecule has 27 heavy (non-hydrogen) atoms. The Morgan fingerprint density at radius 2 is 2.07 bits per heavy atom. The highest BCUT2D eigenvalue weighted by molar-refractivity contribution is 5.93. The maximum Gasteiger partial charge on any atom is 0.258 e. The largest absolute Gasteiger partial charge is 0.497 e. The second kappa shape index (κ2) is 8.53. The highest BCUT2D eigenvalue weighted by atomic mass is 16.5. The average molecular weight is 369 g/mol. The summed E-state index contributed by atoms with van der Waals surface area (Å²) in [5.41, 5.74) is 1.56. The Kier molecular flexibility index (Phi) is 5.90. The summed E-state index contributed by atoms with van der Waals surface area (Å²) in [6.07, 6.45) is 3.42. The Hall–Kier alpha value is -3.09. The summed E-state index contributed by atoms with van der Waals surface area (Å²) < 4.78 is 10.6. The van der Waals surface area contributed by atoms with Gasteiger partial charge < -0.3 is 20.1 Å². The van der Waals surface area contributed by atoms with E-state index in [-0.39, 0.29) is 30.4 Å². The molecule has 2 aromatic rings. The Balaban J connectivity index is 1.46. The van der Waals surface area contributed by atoms with Crippen molar-refractivity contribution in [2.24, 2.45) is 5.92 Å². The van der Waals surface area contributed by atoms with E-state index in [1.165, 1.54) is 6.20 Å². The summed E-state index contributed by atoms with van der Waals surface area (Å²) >= 11 is 0. The molecule has 2 amide bonds. The van der Waals surface area contributed by atoms with E-state index in [1.54, 1.807) is 19.2 Å². The topological polar surface area (TPSA) is 89.5 Å². The molecule has 7 nitrogen and oxygen atoms in total. The fraction of sp³-hybridized carbons (Fsp3) is 0.350. The maximum atomic E-state index is 12.1. The number of nitrogens with one attached hydrogen (secondary N) is 2. The first-order valence-electron chi connectivity index (χ1n) is 8.88. The van der Waals surface area contributed by atoms with Gasteiger partial charge in [-0.15, -0.1) is 0 Å². The van der Waals surface area contributed by atoms with Crippen LogP contribution in [0, 0.1) is 5.92 Å². The van der Waals surface area contributed by atoms with Crippen LogP contribution in [0.3, 0.4) is 0 Å². The first-order chi connectivity index (χ1) is 13.0. The van der Waals surface area contributed by atoms with Crippen molar-refractivity contribution in [3.8, 4) is 11.6 Å². The summed E-state index contributed by atoms with van der Waals surface area (Å²) in [5, 5.41) is 5.67. The van der Waals surface area contributed by atoms with Crippen molar-refractivity contribution < 1.29 is 19.1 Å². The summed E-state index contributed by atoms with van der Waals surface area (Å²) in [7, 11) is 1.60.